The van der Waals surface area contributed by atoms with Crippen molar-refractivity contribution in [3.63, 3.8) is 0 Å². The fourth-order valence-corrected chi connectivity index (χ4v) is 1.82. The zero-order valence-corrected chi connectivity index (χ0v) is 12.3. The Kier molecular flexibility index (Phi) is 4.98. The van der Waals surface area contributed by atoms with Crippen molar-refractivity contribution in [2.45, 2.75) is 40.8 Å². The molecule has 1 aromatic carbocycles. The van der Waals surface area contributed by atoms with Gasteiger partial charge in [-0.1, -0.05) is 26.0 Å². The van der Waals surface area contributed by atoms with Crippen LogP contribution in [0.25, 0.3) is 5.69 Å². The maximum atomic E-state index is 12.6. The number of alkyl halides is 3. The van der Waals surface area contributed by atoms with Crippen molar-refractivity contribution in [1.82, 2.24) is 9.78 Å². The van der Waals surface area contributed by atoms with E-state index in [0.29, 0.717) is 11.4 Å². The number of benzene rings is 1. The summed E-state index contributed by atoms with van der Waals surface area (Å²) in [4.78, 5) is 0. The Morgan fingerprint density at radius 2 is 1.65 bits per heavy atom. The SMILES string of the molecule is CC.Cc1cccc(-n2nc(C(F)(F)F)cc2C)c1C. The molecule has 5 heteroatoms. The van der Waals surface area contributed by atoms with E-state index < -0.39 is 11.9 Å². The third-order valence-electron chi connectivity index (χ3n) is 2.98. The van der Waals surface area contributed by atoms with Crippen molar-refractivity contribution < 1.29 is 13.2 Å². The van der Waals surface area contributed by atoms with E-state index in [1.54, 1.807) is 13.0 Å². The molecule has 0 saturated carbocycles. The third-order valence-corrected chi connectivity index (χ3v) is 2.98. The largest absolute Gasteiger partial charge is 0.435 e. The van der Waals surface area contributed by atoms with Crippen molar-refractivity contribution in [1.29, 1.82) is 0 Å². The summed E-state index contributed by atoms with van der Waals surface area (Å²) >= 11 is 0. The van der Waals surface area contributed by atoms with Gasteiger partial charge in [0.2, 0.25) is 0 Å². The molecule has 2 aromatic rings. The van der Waals surface area contributed by atoms with E-state index in [1.807, 2.05) is 39.8 Å². The molecule has 20 heavy (non-hydrogen) atoms. The first kappa shape index (κ1) is 16.3. The molecule has 1 aromatic heterocycles. The van der Waals surface area contributed by atoms with Gasteiger partial charge in [-0.15, -0.1) is 0 Å². The van der Waals surface area contributed by atoms with Gasteiger partial charge in [0.05, 0.1) is 5.69 Å². The number of hydrogen-bond donors (Lipinski definition) is 0. The van der Waals surface area contributed by atoms with Crippen molar-refractivity contribution in [3.05, 3.63) is 46.8 Å². The fraction of sp³-hybridized carbons (Fsp3) is 0.400. The quantitative estimate of drug-likeness (QED) is 0.732. The highest BCUT2D eigenvalue weighted by Crippen LogP contribution is 2.30. The minimum atomic E-state index is -4.41. The van der Waals surface area contributed by atoms with E-state index in [9.17, 15) is 13.2 Å². The monoisotopic (exact) mass is 284 g/mol. The molecule has 0 N–H and O–H groups in total. The van der Waals surface area contributed by atoms with Crippen molar-refractivity contribution in [2.75, 3.05) is 0 Å². The highest BCUT2D eigenvalue weighted by Gasteiger charge is 2.34. The zero-order chi connectivity index (χ0) is 15.5. The number of nitrogens with zero attached hydrogens (tertiary/aromatic N) is 2. The zero-order valence-electron chi connectivity index (χ0n) is 12.3. The highest BCUT2D eigenvalue weighted by molar-refractivity contribution is 5.45. The Morgan fingerprint density at radius 1 is 1.05 bits per heavy atom. The molecule has 0 atom stereocenters. The first-order valence-electron chi connectivity index (χ1n) is 6.51. The molecule has 110 valence electrons. The summed E-state index contributed by atoms with van der Waals surface area (Å²) < 4.78 is 39.1. The molecule has 0 saturated heterocycles. The molecule has 0 aliphatic carbocycles. The van der Waals surface area contributed by atoms with Gasteiger partial charge in [0, 0.05) is 5.69 Å². The van der Waals surface area contributed by atoms with E-state index >= 15 is 0 Å². The smallest absolute Gasteiger partial charge is 0.237 e. The predicted molar refractivity (Wildman–Crippen MR) is 74.1 cm³/mol. The maximum absolute atomic E-state index is 12.6. The van der Waals surface area contributed by atoms with Crippen LogP contribution in [-0.4, -0.2) is 9.78 Å². The van der Waals surface area contributed by atoms with Gasteiger partial charge in [-0.05, 0) is 44.0 Å². The molecule has 0 unspecified atom stereocenters. The average Bonchev–Trinajstić information content (AvgIpc) is 2.77. The maximum Gasteiger partial charge on any atom is 0.435 e. The molecule has 0 bridgehead atoms. The summed E-state index contributed by atoms with van der Waals surface area (Å²) in [6.07, 6.45) is -4.41. The summed E-state index contributed by atoms with van der Waals surface area (Å²) in [6, 6.07) is 6.55. The van der Waals surface area contributed by atoms with Crippen LogP contribution in [0.3, 0.4) is 0 Å². The van der Waals surface area contributed by atoms with E-state index in [-0.39, 0.29) is 0 Å². The Hall–Kier alpha value is -1.78. The molecule has 0 aliphatic heterocycles. The van der Waals surface area contributed by atoms with E-state index in [0.717, 1.165) is 17.2 Å². The summed E-state index contributed by atoms with van der Waals surface area (Å²) in [5.41, 5.74) is 2.24. The van der Waals surface area contributed by atoms with Gasteiger partial charge in [-0.25, -0.2) is 4.68 Å². The van der Waals surface area contributed by atoms with Crippen molar-refractivity contribution in [3.8, 4) is 5.69 Å². The van der Waals surface area contributed by atoms with Gasteiger partial charge in [0.25, 0.3) is 0 Å². The lowest BCUT2D eigenvalue weighted by Crippen LogP contribution is -2.08. The highest BCUT2D eigenvalue weighted by atomic mass is 19.4. The summed E-state index contributed by atoms with van der Waals surface area (Å²) in [5, 5.41) is 3.64. The molecule has 2 rings (SSSR count). The molecule has 2 nitrogen and oxygen atoms in total. The van der Waals surface area contributed by atoms with Crippen LogP contribution in [0.15, 0.2) is 24.3 Å². The Bertz CT molecular complexity index is 583. The predicted octanol–water partition coefficient (Wildman–Crippen LogP) is 4.84. The number of rotatable bonds is 1. The van der Waals surface area contributed by atoms with Crippen LogP contribution < -0.4 is 0 Å². The van der Waals surface area contributed by atoms with Gasteiger partial charge in [0.15, 0.2) is 5.69 Å². The summed E-state index contributed by atoms with van der Waals surface area (Å²) in [7, 11) is 0. The molecule has 0 radical (unpaired) electrons. The number of aromatic nitrogens is 2. The van der Waals surface area contributed by atoms with Crippen LogP contribution >= 0.6 is 0 Å². The van der Waals surface area contributed by atoms with E-state index in [1.165, 1.54) is 4.68 Å². The van der Waals surface area contributed by atoms with Gasteiger partial charge in [-0.2, -0.15) is 18.3 Å². The summed E-state index contributed by atoms with van der Waals surface area (Å²) in [6.45, 7) is 9.41. The van der Waals surface area contributed by atoms with Gasteiger partial charge < -0.3 is 0 Å². The Balaban J connectivity index is 0.000000956. The molecule has 0 aliphatic rings. The molecular formula is C15H19F3N2. The molecule has 0 amide bonds. The number of halogens is 3. The van der Waals surface area contributed by atoms with E-state index in [4.69, 9.17) is 0 Å². The average molecular weight is 284 g/mol. The van der Waals surface area contributed by atoms with Crippen LogP contribution in [0.2, 0.25) is 0 Å². The first-order valence-corrected chi connectivity index (χ1v) is 6.51. The second kappa shape index (κ2) is 6.11. The van der Waals surface area contributed by atoms with Crippen LogP contribution in [-0.2, 0) is 6.18 Å². The van der Waals surface area contributed by atoms with Crippen LogP contribution in [0.4, 0.5) is 13.2 Å². The second-order valence-electron chi connectivity index (χ2n) is 4.30. The fourth-order valence-electron chi connectivity index (χ4n) is 1.82. The normalized spacial score (nSPS) is 11.0. The lowest BCUT2D eigenvalue weighted by molar-refractivity contribution is -0.141. The lowest BCUT2D eigenvalue weighted by atomic mass is 10.1. The topological polar surface area (TPSA) is 17.8 Å². The van der Waals surface area contributed by atoms with Crippen molar-refractivity contribution in [2.24, 2.45) is 0 Å². The molecule has 1 heterocycles. The van der Waals surface area contributed by atoms with Crippen LogP contribution in [0.1, 0.15) is 36.4 Å². The standard InChI is InChI=1S/C13H13F3N2.C2H6/c1-8-5-4-6-11(10(8)3)18-9(2)7-12(17-18)13(14,15)16;1-2/h4-7H,1-3H3;1-2H3. The van der Waals surface area contributed by atoms with Gasteiger partial charge in [-0.3, -0.25) is 0 Å². The minimum absolute atomic E-state index is 0.469. The van der Waals surface area contributed by atoms with Gasteiger partial charge >= 0.3 is 6.18 Å². The first-order chi connectivity index (χ1) is 9.30. The van der Waals surface area contributed by atoms with Crippen LogP contribution in [0, 0.1) is 20.8 Å². The lowest BCUT2D eigenvalue weighted by Gasteiger charge is -2.10. The van der Waals surface area contributed by atoms with Crippen LogP contribution in [0.5, 0.6) is 0 Å². The third kappa shape index (κ3) is 3.21. The van der Waals surface area contributed by atoms with Crippen molar-refractivity contribution >= 4 is 0 Å². The molecule has 0 fully saturated rings. The summed E-state index contributed by atoms with van der Waals surface area (Å²) in [5.74, 6) is 0. The Labute approximate surface area is 117 Å². The Morgan fingerprint density at radius 3 is 2.15 bits per heavy atom. The minimum Gasteiger partial charge on any atom is -0.237 e. The van der Waals surface area contributed by atoms with Gasteiger partial charge in [0.1, 0.15) is 0 Å². The second-order valence-corrected chi connectivity index (χ2v) is 4.30. The number of aryl methyl sites for hydroxylation is 2. The van der Waals surface area contributed by atoms with E-state index in [2.05, 4.69) is 5.10 Å². The molecular weight excluding hydrogens is 265 g/mol. The molecule has 0 spiro atoms. The number of hydrogen-bond acceptors (Lipinski definition) is 1.